The number of rotatable bonds is 11. The van der Waals surface area contributed by atoms with Gasteiger partial charge >= 0.3 is 5.97 Å². The number of nitrogens with one attached hydrogen (secondary N) is 1. The molecule has 0 aliphatic carbocycles. The number of ether oxygens (including phenoxy) is 2. The summed E-state index contributed by atoms with van der Waals surface area (Å²) in [5.74, 6) is -0.832. The summed E-state index contributed by atoms with van der Waals surface area (Å²) in [5, 5.41) is 2.71. The molecule has 1 aromatic carbocycles. The van der Waals surface area contributed by atoms with Gasteiger partial charge in [0.2, 0.25) is 5.91 Å². The average molecular weight is 331 g/mol. The molecule has 1 amide bonds. The highest BCUT2D eigenvalue weighted by atomic mass is 16.5. The summed E-state index contributed by atoms with van der Waals surface area (Å²) in [7, 11) is 1.27. The third-order valence-corrected chi connectivity index (χ3v) is 3.32. The van der Waals surface area contributed by atoms with Gasteiger partial charge in [0.15, 0.2) is 0 Å². The molecule has 1 aromatic rings. The van der Waals surface area contributed by atoms with Crippen LogP contribution < -0.4 is 5.32 Å². The molecule has 0 bridgehead atoms. The van der Waals surface area contributed by atoms with Crippen molar-refractivity contribution in [3.63, 3.8) is 0 Å². The largest absolute Gasteiger partial charge is 0.466 e. The second-order valence-corrected chi connectivity index (χ2v) is 5.21. The summed E-state index contributed by atoms with van der Waals surface area (Å²) in [4.78, 5) is 22.2. The zero-order chi connectivity index (χ0) is 17.6. The quantitative estimate of drug-likeness (QED) is 0.385. The zero-order valence-electron chi connectivity index (χ0n) is 14.1. The minimum atomic E-state index is -0.540. The number of amides is 1. The van der Waals surface area contributed by atoms with Gasteiger partial charge in [-0.3, -0.25) is 4.79 Å². The Balaban J connectivity index is 2.00. The lowest BCUT2D eigenvalue weighted by molar-refractivity contribution is -0.135. The van der Waals surface area contributed by atoms with Gasteiger partial charge in [-0.25, -0.2) is 4.79 Å². The molecule has 0 aliphatic rings. The first-order chi connectivity index (χ1) is 11.7. The zero-order valence-corrected chi connectivity index (χ0v) is 14.1. The molecule has 0 aromatic heterocycles. The maximum Gasteiger partial charge on any atom is 0.330 e. The highest BCUT2D eigenvalue weighted by Gasteiger charge is 1.98. The van der Waals surface area contributed by atoms with E-state index in [1.165, 1.54) is 13.2 Å². The average Bonchev–Trinajstić information content (AvgIpc) is 2.62. The highest BCUT2D eigenvalue weighted by molar-refractivity contribution is 5.94. The number of methoxy groups -OCH3 is 1. The number of esters is 1. The van der Waals surface area contributed by atoms with E-state index in [1.807, 2.05) is 30.3 Å². The molecule has 5 heteroatoms. The molecule has 0 unspecified atom stereocenters. The van der Waals surface area contributed by atoms with Gasteiger partial charge in [-0.15, -0.1) is 0 Å². The summed E-state index contributed by atoms with van der Waals surface area (Å²) in [5.41, 5.74) is 2.24. The summed E-state index contributed by atoms with van der Waals surface area (Å²) in [6.07, 6.45) is 6.87. The predicted molar refractivity (Wildman–Crippen MR) is 94.2 cm³/mol. The molecule has 0 spiro atoms. The molecule has 0 fully saturated rings. The Kier molecular flexibility index (Phi) is 9.88. The van der Waals surface area contributed by atoms with E-state index in [-0.39, 0.29) is 5.91 Å². The van der Waals surface area contributed by atoms with Gasteiger partial charge in [0.1, 0.15) is 0 Å². The molecule has 24 heavy (non-hydrogen) atoms. The molecule has 0 aliphatic heterocycles. The molecule has 0 atom stereocenters. The first kappa shape index (κ1) is 19.6. The van der Waals surface area contributed by atoms with Crippen LogP contribution in [0.1, 0.15) is 30.4 Å². The van der Waals surface area contributed by atoms with Crippen LogP contribution in [-0.2, 0) is 25.7 Å². The summed E-state index contributed by atoms with van der Waals surface area (Å²) < 4.78 is 10.0. The van der Waals surface area contributed by atoms with Crippen LogP contribution >= 0.6 is 0 Å². The van der Waals surface area contributed by atoms with Crippen molar-refractivity contribution in [2.24, 2.45) is 0 Å². The second-order valence-electron chi connectivity index (χ2n) is 5.21. The van der Waals surface area contributed by atoms with E-state index in [1.54, 1.807) is 0 Å². The number of hydrogen-bond acceptors (Lipinski definition) is 4. The van der Waals surface area contributed by atoms with Crippen LogP contribution in [0.5, 0.6) is 0 Å². The number of carbonyl (C=O) groups is 2. The van der Waals surface area contributed by atoms with E-state index < -0.39 is 5.97 Å². The molecule has 0 heterocycles. The van der Waals surface area contributed by atoms with E-state index in [0.717, 1.165) is 36.5 Å². The van der Waals surface area contributed by atoms with Crippen molar-refractivity contribution in [3.05, 3.63) is 54.1 Å². The SMILES string of the molecule is C=Cc1ccc(COCCCCCNC(=O)C=CC(=O)OC)cc1. The van der Waals surface area contributed by atoms with Crippen LogP contribution in [-0.4, -0.2) is 32.1 Å². The van der Waals surface area contributed by atoms with Crippen LogP contribution in [0.4, 0.5) is 0 Å². The fourth-order valence-corrected chi connectivity index (χ4v) is 1.93. The Morgan fingerprint density at radius 1 is 1.12 bits per heavy atom. The van der Waals surface area contributed by atoms with Gasteiger partial charge in [-0.05, 0) is 30.4 Å². The fraction of sp³-hybridized carbons (Fsp3) is 0.368. The minimum Gasteiger partial charge on any atom is -0.466 e. The third-order valence-electron chi connectivity index (χ3n) is 3.32. The maximum absolute atomic E-state index is 11.4. The number of unbranched alkanes of at least 4 members (excludes halogenated alkanes) is 2. The van der Waals surface area contributed by atoms with Gasteiger partial charge in [0.05, 0.1) is 13.7 Å². The van der Waals surface area contributed by atoms with Crippen molar-refractivity contribution in [2.75, 3.05) is 20.3 Å². The van der Waals surface area contributed by atoms with E-state index in [2.05, 4.69) is 16.6 Å². The maximum atomic E-state index is 11.4. The Labute approximate surface area is 143 Å². The number of carbonyl (C=O) groups excluding carboxylic acids is 2. The lowest BCUT2D eigenvalue weighted by Crippen LogP contribution is -2.22. The second kappa shape index (κ2) is 12.1. The van der Waals surface area contributed by atoms with Crippen LogP contribution in [0.2, 0.25) is 0 Å². The van der Waals surface area contributed by atoms with Crippen molar-refractivity contribution < 1.29 is 19.1 Å². The normalized spacial score (nSPS) is 10.5. The monoisotopic (exact) mass is 331 g/mol. The molecule has 130 valence electrons. The summed E-state index contributed by atoms with van der Waals surface area (Å²) in [6.45, 7) is 5.60. The Bertz CT molecular complexity index is 549. The number of benzene rings is 1. The van der Waals surface area contributed by atoms with Gasteiger partial charge < -0.3 is 14.8 Å². The molecule has 1 N–H and O–H groups in total. The van der Waals surface area contributed by atoms with E-state index in [4.69, 9.17) is 4.74 Å². The molecular weight excluding hydrogens is 306 g/mol. The van der Waals surface area contributed by atoms with E-state index in [0.29, 0.717) is 19.8 Å². The first-order valence-corrected chi connectivity index (χ1v) is 7.98. The molecule has 0 radical (unpaired) electrons. The van der Waals surface area contributed by atoms with Crippen molar-refractivity contribution >= 4 is 18.0 Å². The Morgan fingerprint density at radius 3 is 2.54 bits per heavy atom. The van der Waals surface area contributed by atoms with Crippen LogP contribution in [0, 0.1) is 0 Å². The topological polar surface area (TPSA) is 64.6 Å². The van der Waals surface area contributed by atoms with Crippen molar-refractivity contribution in [1.29, 1.82) is 0 Å². The summed E-state index contributed by atoms with van der Waals surface area (Å²) in [6, 6.07) is 8.11. The van der Waals surface area contributed by atoms with Gasteiger partial charge in [0, 0.05) is 25.3 Å². The van der Waals surface area contributed by atoms with Crippen molar-refractivity contribution in [1.82, 2.24) is 5.32 Å². The first-order valence-electron chi connectivity index (χ1n) is 7.98. The Morgan fingerprint density at radius 2 is 1.88 bits per heavy atom. The standard InChI is InChI=1S/C19H25NO4/c1-3-16-7-9-17(10-8-16)15-24-14-6-4-5-13-20-18(21)11-12-19(22)23-2/h3,7-12H,1,4-6,13-15H2,2H3,(H,20,21). The van der Waals surface area contributed by atoms with Gasteiger partial charge in [0.25, 0.3) is 0 Å². The van der Waals surface area contributed by atoms with Crippen LogP contribution in [0.15, 0.2) is 43.0 Å². The smallest absolute Gasteiger partial charge is 0.330 e. The fourth-order valence-electron chi connectivity index (χ4n) is 1.93. The van der Waals surface area contributed by atoms with Crippen molar-refractivity contribution in [3.8, 4) is 0 Å². The van der Waals surface area contributed by atoms with Gasteiger partial charge in [-0.2, -0.15) is 0 Å². The molecular formula is C19H25NO4. The van der Waals surface area contributed by atoms with Crippen LogP contribution in [0.25, 0.3) is 6.08 Å². The van der Waals surface area contributed by atoms with Gasteiger partial charge in [-0.1, -0.05) is 36.9 Å². The van der Waals surface area contributed by atoms with Crippen LogP contribution in [0.3, 0.4) is 0 Å². The molecule has 0 saturated heterocycles. The molecule has 1 rings (SSSR count). The van der Waals surface area contributed by atoms with E-state index >= 15 is 0 Å². The van der Waals surface area contributed by atoms with Crippen molar-refractivity contribution in [2.45, 2.75) is 25.9 Å². The molecule has 5 nitrogen and oxygen atoms in total. The van der Waals surface area contributed by atoms with E-state index in [9.17, 15) is 9.59 Å². The predicted octanol–water partition coefficient (Wildman–Crippen LogP) is 2.86. The molecule has 0 saturated carbocycles. The third kappa shape index (κ3) is 8.90. The summed E-state index contributed by atoms with van der Waals surface area (Å²) >= 11 is 0. The Hall–Kier alpha value is -2.40. The number of hydrogen-bond donors (Lipinski definition) is 1. The lowest BCUT2D eigenvalue weighted by atomic mass is 10.1. The lowest BCUT2D eigenvalue weighted by Gasteiger charge is -2.05. The minimum absolute atomic E-state index is 0.292. The highest BCUT2D eigenvalue weighted by Crippen LogP contribution is 2.07.